The Balaban J connectivity index is 2.51. The van der Waals surface area contributed by atoms with Crippen molar-refractivity contribution in [3.05, 3.63) is 29.8 Å². The van der Waals surface area contributed by atoms with Crippen molar-refractivity contribution >= 4 is 13.4 Å². The molecule has 0 saturated heterocycles. The summed E-state index contributed by atoms with van der Waals surface area (Å²) < 4.78 is 58.2. The van der Waals surface area contributed by atoms with E-state index >= 15 is 0 Å². The molecule has 0 aliphatic rings. The maximum atomic E-state index is 12.5. The monoisotopic (exact) mass is 342 g/mol. The van der Waals surface area contributed by atoms with Gasteiger partial charge in [0.05, 0.1) is 5.56 Å². The van der Waals surface area contributed by atoms with Crippen LogP contribution in [-0.4, -0.2) is 32.8 Å². The summed E-state index contributed by atoms with van der Waals surface area (Å²) in [5, 5.41) is 0. The highest BCUT2D eigenvalue weighted by Crippen LogP contribution is 2.45. The van der Waals surface area contributed by atoms with E-state index in [-0.39, 0.29) is 5.75 Å². The second-order valence-electron chi connectivity index (χ2n) is 4.04. The fourth-order valence-electron chi connectivity index (χ4n) is 1.35. The number of ketones is 1. The van der Waals surface area contributed by atoms with Gasteiger partial charge in [-0.15, -0.1) is 0 Å². The number of carbonyl (C=O) groups is 1. The number of benzene rings is 1. The summed E-state index contributed by atoms with van der Waals surface area (Å²) in [6, 6.07) is 3.95. The predicted molar refractivity (Wildman–Crippen MR) is 69.5 cm³/mol. The third-order valence-electron chi connectivity index (χ3n) is 2.46. The van der Waals surface area contributed by atoms with Crippen molar-refractivity contribution < 1.29 is 41.4 Å². The molecule has 0 atom stereocenters. The summed E-state index contributed by atoms with van der Waals surface area (Å²) in [7, 11) is -1.27. The standard InChI is InChI=1S/C12H14F3O6P/c1-18-22(17,19-2)8-10(16)7-20-21-11-5-3-4-9(6-11)12(13,14)15/h3-6H,7-8H2,1-2H3. The highest BCUT2D eigenvalue weighted by atomic mass is 31.2. The van der Waals surface area contributed by atoms with Gasteiger partial charge in [0.1, 0.15) is 6.16 Å². The average molecular weight is 342 g/mol. The van der Waals surface area contributed by atoms with Crippen LogP contribution < -0.4 is 4.89 Å². The Labute approximate surface area is 124 Å². The van der Waals surface area contributed by atoms with Crippen molar-refractivity contribution in [2.24, 2.45) is 0 Å². The van der Waals surface area contributed by atoms with Crippen LogP contribution >= 0.6 is 7.60 Å². The van der Waals surface area contributed by atoms with Crippen LogP contribution in [0, 0.1) is 0 Å². The smallest absolute Gasteiger partial charge is 0.337 e. The molecule has 0 aliphatic carbocycles. The van der Waals surface area contributed by atoms with Crippen molar-refractivity contribution in [1.82, 2.24) is 0 Å². The van der Waals surface area contributed by atoms with Gasteiger partial charge in [-0.2, -0.15) is 18.1 Å². The number of carbonyl (C=O) groups excluding carboxylic acids is 1. The molecule has 0 amide bonds. The Morgan fingerprint density at radius 3 is 2.41 bits per heavy atom. The lowest BCUT2D eigenvalue weighted by atomic mass is 10.2. The van der Waals surface area contributed by atoms with E-state index in [1.807, 2.05) is 0 Å². The maximum Gasteiger partial charge on any atom is 0.416 e. The van der Waals surface area contributed by atoms with Gasteiger partial charge in [0.15, 0.2) is 18.1 Å². The fourth-order valence-corrected chi connectivity index (χ4v) is 2.28. The van der Waals surface area contributed by atoms with Crippen LogP contribution in [-0.2, 0) is 29.5 Å². The predicted octanol–water partition coefficient (Wildman–Crippen LogP) is 3.07. The van der Waals surface area contributed by atoms with E-state index in [1.165, 1.54) is 6.07 Å². The quantitative estimate of drug-likeness (QED) is 0.411. The van der Waals surface area contributed by atoms with E-state index < -0.39 is 37.9 Å². The molecule has 6 nitrogen and oxygen atoms in total. The molecule has 0 unspecified atom stereocenters. The van der Waals surface area contributed by atoms with Gasteiger partial charge in [0.25, 0.3) is 0 Å². The first-order chi connectivity index (χ1) is 10.2. The van der Waals surface area contributed by atoms with Gasteiger partial charge >= 0.3 is 13.8 Å². The van der Waals surface area contributed by atoms with E-state index in [0.717, 1.165) is 32.4 Å². The summed E-state index contributed by atoms with van der Waals surface area (Å²) in [6.07, 6.45) is -5.05. The van der Waals surface area contributed by atoms with E-state index in [1.54, 1.807) is 0 Å². The summed E-state index contributed by atoms with van der Waals surface area (Å²) in [5.74, 6) is -0.872. The summed E-state index contributed by atoms with van der Waals surface area (Å²) in [5.41, 5.74) is -0.914. The number of hydrogen-bond donors (Lipinski definition) is 0. The van der Waals surface area contributed by atoms with E-state index in [4.69, 9.17) is 0 Å². The largest absolute Gasteiger partial charge is 0.416 e. The Morgan fingerprint density at radius 2 is 1.86 bits per heavy atom. The van der Waals surface area contributed by atoms with E-state index in [9.17, 15) is 22.5 Å². The molecule has 124 valence electrons. The lowest BCUT2D eigenvalue weighted by molar-refractivity contribution is -0.205. The molecular formula is C12H14F3O6P. The first-order valence-electron chi connectivity index (χ1n) is 5.89. The molecule has 0 heterocycles. The fraction of sp³-hybridized carbons (Fsp3) is 0.417. The lowest BCUT2D eigenvalue weighted by Gasteiger charge is -2.12. The number of hydrogen-bond acceptors (Lipinski definition) is 6. The molecule has 1 aromatic rings. The minimum atomic E-state index is -4.52. The Morgan fingerprint density at radius 1 is 1.23 bits per heavy atom. The molecule has 1 aromatic carbocycles. The first-order valence-corrected chi connectivity index (χ1v) is 7.62. The molecule has 0 bridgehead atoms. The molecule has 10 heteroatoms. The topological polar surface area (TPSA) is 71.1 Å². The van der Waals surface area contributed by atoms with Gasteiger partial charge in [-0.25, -0.2) is 0 Å². The zero-order valence-corrected chi connectivity index (χ0v) is 12.6. The Kier molecular flexibility index (Phi) is 6.55. The van der Waals surface area contributed by atoms with Crippen LogP contribution in [0.15, 0.2) is 24.3 Å². The Hall–Kier alpha value is -1.41. The molecule has 0 fully saturated rings. The van der Waals surface area contributed by atoms with Gasteiger partial charge in [-0.3, -0.25) is 9.36 Å². The highest BCUT2D eigenvalue weighted by Gasteiger charge is 2.30. The number of alkyl halides is 3. The van der Waals surface area contributed by atoms with Crippen LogP contribution in [0.3, 0.4) is 0 Å². The van der Waals surface area contributed by atoms with Gasteiger partial charge in [0, 0.05) is 14.2 Å². The van der Waals surface area contributed by atoms with Crippen LogP contribution in [0.25, 0.3) is 0 Å². The number of Topliss-reactive ketones (excluding diaryl/α,β-unsaturated/α-hetero) is 1. The molecule has 0 aromatic heterocycles. The van der Waals surface area contributed by atoms with Crippen molar-refractivity contribution in [3.8, 4) is 5.75 Å². The minimum Gasteiger partial charge on any atom is -0.337 e. The van der Waals surface area contributed by atoms with Crippen molar-refractivity contribution in [1.29, 1.82) is 0 Å². The van der Waals surface area contributed by atoms with E-state index in [0.29, 0.717) is 0 Å². The molecular weight excluding hydrogens is 328 g/mol. The highest BCUT2D eigenvalue weighted by molar-refractivity contribution is 7.54. The van der Waals surface area contributed by atoms with Crippen LogP contribution in [0.4, 0.5) is 13.2 Å². The SMILES string of the molecule is COP(=O)(CC(=O)COOc1cccc(C(F)(F)F)c1)OC. The normalized spacial score (nSPS) is 12.2. The maximum absolute atomic E-state index is 12.5. The Bertz CT molecular complexity index is 552. The third kappa shape index (κ3) is 5.76. The summed E-state index contributed by atoms with van der Waals surface area (Å²) in [6.45, 7) is -0.618. The molecule has 0 aliphatic heterocycles. The molecule has 0 radical (unpaired) electrons. The zero-order chi connectivity index (χ0) is 16.8. The molecule has 0 spiro atoms. The third-order valence-corrected chi connectivity index (χ3v) is 4.32. The van der Waals surface area contributed by atoms with Gasteiger partial charge in [-0.05, 0) is 18.2 Å². The van der Waals surface area contributed by atoms with Gasteiger partial charge in [0.2, 0.25) is 0 Å². The van der Waals surface area contributed by atoms with Gasteiger partial charge < -0.3 is 13.9 Å². The van der Waals surface area contributed by atoms with Gasteiger partial charge in [-0.1, -0.05) is 6.07 Å². The molecule has 22 heavy (non-hydrogen) atoms. The second-order valence-corrected chi connectivity index (χ2v) is 6.31. The number of halogens is 3. The zero-order valence-electron chi connectivity index (χ0n) is 11.8. The second kappa shape index (κ2) is 7.73. The summed E-state index contributed by atoms with van der Waals surface area (Å²) >= 11 is 0. The average Bonchev–Trinajstić information content (AvgIpc) is 2.46. The summed E-state index contributed by atoms with van der Waals surface area (Å²) in [4.78, 5) is 20.6. The van der Waals surface area contributed by atoms with Crippen molar-refractivity contribution in [2.75, 3.05) is 27.0 Å². The molecule has 1 rings (SSSR count). The van der Waals surface area contributed by atoms with Crippen LogP contribution in [0.1, 0.15) is 5.56 Å². The van der Waals surface area contributed by atoms with Crippen molar-refractivity contribution in [2.45, 2.75) is 6.18 Å². The van der Waals surface area contributed by atoms with E-state index in [2.05, 4.69) is 18.8 Å². The molecule has 0 N–H and O–H groups in total. The molecule has 0 saturated carbocycles. The lowest BCUT2D eigenvalue weighted by Crippen LogP contribution is -2.16. The van der Waals surface area contributed by atoms with Crippen LogP contribution in [0.2, 0.25) is 0 Å². The number of rotatable bonds is 8. The van der Waals surface area contributed by atoms with Crippen molar-refractivity contribution in [3.63, 3.8) is 0 Å². The minimum absolute atomic E-state index is 0.218. The first kappa shape index (κ1) is 18.6. The van der Waals surface area contributed by atoms with Crippen LogP contribution in [0.5, 0.6) is 5.75 Å².